The van der Waals surface area contributed by atoms with Gasteiger partial charge in [0.2, 0.25) is 5.91 Å². The van der Waals surface area contributed by atoms with Gasteiger partial charge in [0.1, 0.15) is 5.82 Å². The van der Waals surface area contributed by atoms with Crippen LogP contribution in [0.2, 0.25) is 0 Å². The number of nitrogens with two attached hydrogens (primary N) is 1. The first-order valence-corrected chi connectivity index (χ1v) is 6.37. The Bertz CT molecular complexity index is 519. The average Bonchev–Trinajstić information content (AvgIpc) is 2.94. The Morgan fingerprint density at radius 3 is 2.74 bits per heavy atom. The van der Waals surface area contributed by atoms with Crippen LogP contribution in [0.5, 0.6) is 0 Å². The lowest BCUT2D eigenvalue weighted by molar-refractivity contribution is -0.117. The van der Waals surface area contributed by atoms with E-state index < -0.39 is 6.04 Å². The Morgan fingerprint density at radius 2 is 2.16 bits per heavy atom. The van der Waals surface area contributed by atoms with E-state index in [9.17, 15) is 4.79 Å². The number of H-pyrrole nitrogens is 1. The highest BCUT2D eigenvalue weighted by Gasteiger charge is 2.12. The summed E-state index contributed by atoms with van der Waals surface area (Å²) in [6.07, 6.45) is 5.06. The second-order valence-electron chi connectivity index (χ2n) is 4.40. The van der Waals surface area contributed by atoms with Crippen LogP contribution in [0.3, 0.4) is 0 Å². The Hall–Kier alpha value is -2.14. The van der Waals surface area contributed by atoms with Crippen LogP contribution in [0.15, 0.2) is 36.7 Å². The maximum Gasteiger partial charge on any atom is 0.241 e. The van der Waals surface area contributed by atoms with Crippen LogP contribution < -0.4 is 11.1 Å². The number of anilines is 1. The molecule has 1 heterocycles. The lowest BCUT2D eigenvalue weighted by Crippen LogP contribution is -2.35. The van der Waals surface area contributed by atoms with Crippen molar-refractivity contribution in [3.63, 3.8) is 0 Å². The molecule has 0 radical (unpaired) electrons. The average molecular weight is 258 g/mol. The van der Waals surface area contributed by atoms with Crippen molar-refractivity contribution in [2.24, 2.45) is 5.73 Å². The fourth-order valence-electron chi connectivity index (χ4n) is 1.81. The van der Waals surface area contributed by atoms with Crippen LogP contribution in [-0.4, -0.2) is 21.9 Å². The van der Waals surface area contributed by atoms with Crippen molar-refractivity contribution in [1.29, 1.82) is 0 Å². The minimum atomic E-state index is -0.449. The summed E-state index contributed by atoms with van der Waals surface area (Å²) >= 11 is 0. The Balaban J connectivity index is 2.01. The number of rotatable bonds is 5. The molecule has 0 aliphatic carbocycles. The van der Waals surface area contributed by atoms with Crippen LogP contribution in [0.4, 0.5) is 5.69 Å². The summed E-state index contributed by atoms with van der Waals surface area (Å²) in [6.45, 7) is 2.01. The molecule has 0 saturated heterocycles. The predicted molar refractivity (Wildman–Crippen MR) is 75.5 cm³/mol. The van der Waals surface area contributed by atoms with Crippen molar-refractivity contribution < 1.29 is 4.79 Å². The van der Waals surface area contributed by atoms with Gasteiger partial charge in [0, 0.05) is 23.6 Å². The number of benzene rings is 1. The molecule has 0 fully saturated rings. The first-order valence-electron chi connectivity index (χ1n) is 6.37. The Kier molecular flexibility index (Phi) is 4.30. The Labute approximate surface area is 112 Å². The van der Waals surface area contributed by atoms with E-state index in [4.69, 9.17) is 5.73 Å². The van der Waals surface area contributed by atoms with Crippen LogP contribution in [0, 0.1) is 0 Å². The first kappa shape index (κ1) is 13.3. The number of imidazole rings is 1. The SMILES string of the molecule is CCCC(N)C(=O)Nc1ccc(-c2ncc[nH]2)cc1. The highest BCUT2D eigenvalue weighted by Crippen LogP contribution is 2.17. The standard InChI is InChI=1S/C14H18N4O/c1-2-3-12(15)14(19)18-11-6-4-10(5-7-11)13-16-8-9-17-13/h4-9,12H,2-3,15H2,1H3,(H,16,17)(H,18,19). The quantitative estimate of drug-likeness (QED) is 0.768. The van der Waals surface area contributed by atoms with Gasteiger partial charge in [-0.1, -0.05) is 13.3 Å². The van der Waals surface area contributed by atoms with Crippen molar-refractivity contribution in [3.05, 3.63) is 36.7 Å². The molecule has 0 aliphatic rings. The topological polar surface area (TPSA) is 83.8 Å². The van der Waals surface area contributed by atoms with Crippen molar-refractivity contribution in [2.75, 3.05) is 5.32 Å². The highest BCUT2D eigenvalue weighted by molar-refractivity contribution is 5.94. The molecule has 1 atom stereocenters. The van der Waals surface area contributed by atoms with Gasteiger partial charge in [-0.25, -0.2) is 4.98 Å². The van der Waals surface area contributed by atoms with Crippen molar-refractivity contribution in [3.8, 4) is 11.4 Å². The van der Waals surface area contributed by atoms with E-state index in [0.29, 0.717) is 6.42 Å². The molecular weight excluding hydrogens is 240 g/mol. The van der Waals surface area contributed by atoms with E-state index in [1.807, 2.05) is 31.2 Å². The monoisotopic (exact) mass is 258 g/mol. The number of carbonyl (C=O) groups is 1. The lowest BCUT2D eigenvalue weighted by Gasteiger charge is -2.11. The van der Waals surface area contributed by atoms with Gasteiger partial charge in [-0.15, -0.1) is 0 Å². The predicted octanol–water partition coefficient (Wildman–Crippen LogP) is 2.14. The molecule has 5 nitrogen and oxygen atoms in total. The molecule has 0 spiro atoms. The van der Waals surface area contributed by atoms with Crippen molar-refractivity contribution >= 4 is 11.6 Å². The molecule has 2 aromatic rings. The molecule has 5 heteroatoms. The number of hydrogen-bond acceptors (Lipinski definition) is 3. The molecule has 1 unspecified atom stereocenters. The summed E-state index contributed by atoms with van der Waals surface area (Å²) in [4.78, 5) is 19.0. The molecule has 4 N–H and O–H groups in total. The van der Waals surface area contributed by atoms with E-state index in [2.05, 4.69) is 15.3 Å². The summed E-state index contributed by atoms with van der Waals surface area (Å²) in [5.41, 5.74) is 7.47. The van der Waals surface area contributed by atoms with E-state index >= 15 is 0 Å². The van der Waals surface area contributed by atoms with Crippen LogP contribution in [0.25, 0.3) is 11.4 Å². The van der Waals surface area contributed by atoms with E-state index in [1.54, 1.807) is 12.4 Å². The van der Waals surface area contributed by atoms with Gasteiger partial charge in [-0.3, -0.25) is 4.79 Å². The van der Waals surface area contributed by atoms with Gasteiger partial charge in [-0.05, 0) is 30.7 Å². The number of nitrogens with one attached hydrogen (secondary N) is 2. The van der Waals surface area contributed by atoms with Gasteiger partial charge < -0.3 is 16.0 Å². The van der Waals surface area contributed by atoms with Gasteiger partial charge in [0.15, 0.2) is 0 Å². The summed E-state index contributed by atoms with van der Waals surface area (Å²) in [6, 6.07) is 7.04. The fraction of sp³-hybridized carbons (Fsp3) is 0.286. The lowest BCUT2D eigenvalue weighted by atomic mass is 10.1. The summed E-state index contributed by atoms with van der Waals surface area (Å²) in [7, 11) is 0. The number of hydrogen-bond donors (Lipinski definition) is 3. The maximum absolute atomic E-state index is 11.8. The van der Waals surface area contributed by atoms with Crippen LogP contribution in [-0.2, 0) is 4.79 Å². The van der Waals surface area contributed by atoms with Gasteiger partial charge in [-0.2, -0.15) is 0 Å². The van der Waals surface area contributed by atoms with Crippen LogP contribution >= 0.6 is 0 Å². The molecule has 2 rings (SSSR count). The first-order chi connectivity index (χ1) is 9.20. The smallest absolute Gasteiger partial charge is 0.241 e. The van der Waals surface area contributed by atoms with Gasteiger partial charge >= 0.3 is 0 Å². The van der Waals surface area contributed by atoms with Gasteiger partial charge in [0.25, 0.3) is 0 Å². The zero-order chi connectivity index (χ0) is 13.7. The number of amides is 1. The fourth-order valence-corrected chi connectivity index (χ4v) is 1.81. The molecule has 1 amide bonds. The molecule has 1 aromatic carbocycles. The largest absolute Gasteiger partial charge is 0.345 e. The number of aromatic amines is 1. The van der Waals surface area contributed by atoms with E-state index in [1.165, 1.54) is 0 Å². The third-order valence-electron chi connectivity index (χ3n) is 2.86. The second-order valence-corrected chi connectivity index (χ2v) is 4.40. The van der Waals surface area contributed by atoms with Crippen molar-refractivity contribution in [2.45, 2.75) is 25.8 Å². The highest BCUT2D eigenvalue weighted by atomic mass is 16.2. The third kappa shape index (κ3) is 3.42. The zero-order valence-corrected chi connectivity index (χ0v) is 10.9. The number of carbonyl (C=O) groups excluding carboxylic acids is 1. The molecule has 0 aliphatic heterocycles. The van der Waals surface area contributed by atoms with E-state index in [-0.39, 0.29) is 5.91 Å². The van der Waals surface area contributed by atoms with Crippen LogP contribution in [0.1, 0.15) is 19.8 Å². The number of nitrogens with zero attached hydrogens (tertiary/aromatic N) is 1. The Morgan fingerprint density at radius 1 is 1.42 bits per heavy atom. The zero-order valence-electron chi connectivity index (χ0n) is 10.9. The summed E-state index contributed by atoms with van der Waals surface area (Å²) in [5, 5.41) is 2.80. The number of aromatic nitrogens is 2. The second kappa shape index (κ2) is 6.15. The minimum absolute atomic E-state index is 0.146. The molecule has 100 valence electrons. The minimum Gasteiger partial charge on any atom is -0.345 e. The van der Waals surface area contributed by atoms with Gasteiger partial charge in [0.05, 0.1) is 6.04 Å². The molecule has 19 heavy (non-hydrogen) atoms. The summed E-state index contributed by atoms with van der Waals surface area (Å²) < 4.78 is 0. The summed E-state index contributed by atoms with van der Waals surface area (Å²) in [5.74, 6) is 0.660. The van der Waals surface area contributed by atoms with E-state index in [0.717, 1.165) is 23.5 Å². The molecule has 0 bridgehead atoms. The molecular formula is C14H18N4O. The van der Waals surface area contributed by atoms with Crippen molar-refractivity contribution in [1.82, 2.24) is 9.97 Å². The maximum atomic E-state index is 11.8. The molecule has 1 aromatic heterocycles. The molecule has 0 saturated carbocycles. The third-order valence-corrected chi connectivity index (χ3v) is 2.86. The normalized spacial score (nSPS) is 12.1.